The Morgan fingerprint density at radius 2 is 1.69 bits per heavy atom. The molecule has 136 valence electrons. The van der Waals surface area contributed by atoms with E-state index < -0.39 is 9.85 Å². The van der Waals surface area contributed by atoms with Crippen molar-refractivity contribution in [1.82, 2.24) is 0 Å². The quantitative estimate of drug-likeness (QED) is 0.552. The molecule has 0 spiro atoms. The highest BCUT2D eigenvalue weighted by atomic mass is 32.2. The average Bonchev–Trinajstić information content (AvgIpc) is 2.62. The van der Waals surface area contributed by atoms with Crippen LogP contribution in [0.2, 0.25) is 0 Å². The van der Waals surface area contributed by atoms with Crippen molar-refractivity contribution in [1.29, 1.82) is 0 Å². The Labute approximate surface area is 152 Å². The summed E-state index contributed by atoms with van der Waals surface area (Å²) in [6.07, 6.45) is 0. The number of carbonyl (C=O) groups is 1. The highest BCUT2D eigenvalue weighted by molar-refractivity contribution is 7.99. The maximum atomic E-state index is 12.0. The van der Waals surface area contributed by atoms with Gasteiger partial charge in [-0.2, -0.15) is 0 Å². The molecule has 2 aromatic carbocycles. The number of nitro groups is 2. The molecule has 1 N–H and O–H groups in total. The Balaban J connectivity index is 1.91. The van der Waals surface area contributed by atoms with Gasteiger partial charge in [0.15, 0.2) is 0 Å². The minimum Gasteiger partial charge on any atom is -0.495 e. The fourth-order valence-corrected chi connectivity index (χ4v) is 2.86. The van der Waals surface area contributed by atoms with E-state index in [0.717, 1.165) is 5.56 Å². The highest BCUT2D eigenvalue weighted by Gasteiger charge is 2.14. The molecule has 0 unspecified atom stereocenters. The molecule has 1 amide bonds. The van der Waals surface area contributed by atoms with Gasteiger partial charge in [0, 0.05) is 30.0 Å². The molecule has 0 aliphatic carbocycles. The van der Waals surface area contributed by atoms with Crippen LogP contribution < -0.4 is 10.1 Å². The predicted molar refractivity (Wildman–Crippen MR) is 97.5 cm³/mol. The van der Waals surface area contributed by atoms with Gasteiger partial charge in [0.1, 0.15) is 5.75 Å². The van der Waals surface area contributed by atoms with Crippen LogP contribution in [-0.2, 0) is 10.5 Å². The van der Waals surface area contributed by atoms with E-state index >= 15 is 0 Å². The molecular formula is C16H15N3O6S. The summed E-state index contributed by atoms with van der Waals surface area (Å²) in [5, 5.41) is 24.0. The Kier molecular flexibility index (Phi) is 6.50. The number of thioether (sulfide) groups is 1. The van der Waals surface area contributed by atoms with Crippen LogP contribution in [0.15, 0.2) is 42.5 Å². The minimum atomic E-state index is -0.557. The van der Waals surface area contributed by atoms with Gasteiger partial charge in [0.2, 0.25) is 5.91 Å². The number of nitrogens with zero attached hydrogens (tertiary/aromatic N) is 2. The van der Waals surface area contributed by atoms with E-state index in [1.54, 1.807) is 12.1 Å². The number of methoxy groups -OCH3 is 1. The van der Waals surface area contributed by atoms with Gasteiger partial charge in [-0.05, 0) is 11.6 Å². The smallest absolute Gasteiger partial charge is 0.271 e. The summed E-state index contributed by atoms with van der Waals surface area (Å²) in [4.78, 5) is 32.5. The maximum Gasteiger partial charge on any atom is 0.271 e. The van der Waals surface area contributed by atoms with E-state index in [1.807, 2.05) is 0 Å². The Bertz CT molecular complexity index is 825. The SMILES string of the molecule is COc1ccc([N+](=O)[O-])cc1NC(=O)CSCc1ccc([N+](=O)[O-])cc1. The lowest BCUT2D eigenvalue weighted by Gasteiger charge is -2.10. The summed E-state index contributed by atoms with van der Waals surface area (Å²) in [6, 6.07) is 10.0. The summed E-state index contributed by atoms with van der Waals surface area (Å²) in [5.41, 5.74) is 0.929. The van der Waals surface area contributed by atoms with Crippen LogP contribution in [0.1, 0.15) is 5.56 Å². The predicted octanol–water partition coefficient (Wildman–Crippen LogP) is 3.38. The molecule has 0 aliphatic heterocycles. The molecule has 0 saturated carbocycles. The van der Waals surface area contributed by atoms with Crippen LogP contribution in [0.5, 0.6) is 5.75 Å². The van der Waals surface area contributed by atoms with E-state index in [4.69, 9.17) is 4.74 Å². The number of hydrogen-bond acceptors (Lipinski definition) is 7. The summed E-state index contributed by atoms with van der Waals surface area (Å²) >= 11 is 1.32. The molecule has 0 aromatic heterocycles. The van der Waals surface area contributed by atoms with Crippen molar-refractivity contribution in [2.45, 2.75) is 5.75 Å². The molecule has 0 saturated heterocycles. The standard InChI is InChI=1S/C16H15N3O6S/c1-25-15-7-6-13(19(23)24)8-14(15)17-16(20)10-26-9-11-2-4-12(5-3-11)18(21)22/h2-8H,9-10H2,1H3,(H,17,20). The first kappa shape index (κ1) is 19.2. The Morgan fingerprint density at radius 1 is 1.08 bits per heavy atom. The number of rotatable bonds is 8. The van der Waals surface area contributed by atoms with Crippen molar-refractivity contribution in [3.05, 3.63) is 68.3 Å². The zero-order chi connectivity index (χ0) is 19.1. The van der Waals surface area contributed by atoms with Gasteiger partial charge in [0.25, 0.3) is 11.4 Å². The molecule has 2 rings (SSSR count). The van der Waals surface area contributed by atoms with Crippen LogP contribution in [0, 0.1) is 20.2 Å². The average molecular weight is 377 g/mol. The van der Waals surface area contributed by atoms with Crippen molar-refractivity contribution in [3.63, 3.8) is 0 Å². The molecule has 0 bridgehead atoms. The van der Waals surface area contributed by atoms with Crippen LogP contribution in [0.3, 0.4) is 0 Å². The number of anilines is 1. The van der Waals surface area contributed by atoms with E-state index in [2.05, 4.69) is 5.32 Å². The molecule has 0 atom stereocenters. The van der Waals surface area contributed by atoms with Crippen molar-refractivity contribution < 1.29 is 19.4 Å². The summed E-state index contributed by atoms with van der Waals surface area (Å²) in [6.45, 7) is 0. The van der Waals surface area contributed by atoms with Gasteiger partial charge in [-0.3, -0.25) is 25.0 Å². The second kappa shape index (κ2) is 8.81. The third-order valence-corrected chi connectivity index (χ3v) is 4.32. The second-order valence-electron chi connectivity index (χ2n) is 5.11. The monoisotopic (exact) mass is 377 g/mol. The van der Waals surface area contributed by atoms with Crippen molar-refractivity contribution in [2.24, 2.45) is 0 Å². The molecule has 0 fully saturated rings. The zero-order valence-corrected chi connectivity index (χ0v) is 14.5. The van der Waals surface area contributed by atoms with Gasteiger partial charge in [0.05, 0.1) is 28.4 Å². The largest absolute Gasteiger partial charge is 0.495 e. The molecule has 0 radical (unpaired) electrons. The van der Waals surface area contributed by atoms with E-state index in [-0.39, 0.29) is 28.7 Å². The van der Waals surface area contributed by atoms with Crippen molar-refractivity contribution >= 4 is 34.7 Å². The van der Waals surface area contributed by atoms with Crippen molar-refractivity contribution in [3.8, 4) is 5.75 Å². The fourth-order valence-electron chi connectivity index (χ4n) is 2.07. The molecule has 0 heterocycles. The number of non-ortho nitro benzene ring substituents is 2. The minimum absolute atomic E-state index is 0.00857. The molecular weight excluding hydrogens is 362 g/mol. The first-order valence-corrected chi connectivity index (χ1v) is 8.49. The molecule has 0 aliphatic rings. The number of hydrogen-bond donors (Lipinski definition) is 1. The van der Waals surface area contributed by atoms with Gasteiger partial charge < -0.3 is 10.1 Å². The van der Waals surface area contributed by atoms with Crippen LogP contribution in [0.4, 0.5) is 17.1 Å². The van der Waals surface area contributed by atoms with Crippen molar-refractivity contribution in [2.75, 3.05) is 18.2 Å². The lowest BCUT2D eigenvalue weighted by Crippen LogP contribution is -2.15. The van der Waals surface area contributed by atoms with E-state index in [0.29, 0.717) is 11.5 Å². The Morgan fingerprint density at radius 3 is 2.27 bits per heavy atom. The summed E-state index contributed by atoms with van der Waals surface area (Å²) in [5.74, 6) is 0.598. The van der Waals surface area contributed by atoms with Gasteiger partial charge in [-0.25, -0.2) is 0 Å². The number of benzene rings is 2. The normalized spacial score (nSPS) is 10.2. The Hall–Kier alpha value is -3.14. The van der Waals surface area contributed by atoms with Gasteiger partial charge in [-0.1, -0.05) is 12.1 Å². The van der Waals surface area contributed by atoms with E-state index in [9.17, 15) is 25.0 Å². The molecule has 10 heteroatoms. The van der Waals surface area contributed by atoms with Crippen LogP contribution >= 0.6 is 11.8 Å². The lowest BCUT2D eigenvalue weighted by molar-refractivity contribution is -0.385. The first-order valence-electron chi connectivity index (χ1n) is 7.34. The molecule has 26 heavy (non-hydrogen) atoms. The zero-order valence-electron chi connectivity index (χ0n) is 13.7. The summed E-state index contributed by atoms with van der Waals surface area (Å²) < 4.78 is 5.09. The third-order valence-electron chi connectivity index (χ3n) is 3.32. The first-order chi connectivity index (χ1) is 12.4. The van der Waals surface area contributed by atoms with E-state index in [1.165, 1.54) is 49.2 Å². The van der Waals surface area contributed by atoms with Crippen LogP contribution in [-0.4, -0.2) is 28.6 Å². The number of ether oxygens (including phenoxy) is 1. The van der Waals surface area contributed by atoms with Gasteiger partial charge in [-0.15, -0.1) is 11.8 Å². The third kappa shape index (κ3) is 5.18. The van der Waals surface area contributed by atoms with Crippen LogP contribution in [0.25, 0.3) is 0 Å². The number of nitrogens with one attached hydrogen (secondary N) is 1. The number of carbonyl (C=O) groups excluding carboxylic acids is 1. The fraction of sp³-hybridized carbons (Fsp3) is 0.188. The summed E-state index contributed by atoms with van der Waals surface area (Å²) in [7, 11) is 1.40. The number of nitro benzene ring substituents is 2. The van der Waals surface area contributed by atoms with Gasteiger partial charge >= 0.3 is 0 Å². The number of amides is 1. The molecule has 2 aromatic rings. The topological polar surface area (TPSA) is 125 Å². The maximum absolute atomic E-state index is 12.0. The molecule has 9 nitrogen and oxygen atoms in total. The highest BCUT2D eigenvalue weighted by Crippen LogP contribution is 2.29. The lowest BCUT2D eigenvalue weighted by atomic mass is 10.2. The second-order valence-corrected chi connectivity index (χ2v) is 6.09.